The maximum atomic E-state index is 11.8. The minimum absolute atomic E-state index is 0.0408. The minimum atomic E-state index is -0.508. The third-order valence-corrected chi connectivity index (χ3v) is 3.03. The second kappa shape index (κ2) is 3.84. The predicted molar refractivity (Wildman–Crippen MR) is 51.7 cm³/mol. The average Bonchev–Trinajstić information content (AvgIpc) is 2.50. The number of aliphatic hydroxyl groups excluding tert-OH is 1. The quantitative estimate of drug-likeness (QED) is 0.679. The molecule has 0 aromatic heterocycles. The van der Waals surface area contributed by atoms with E-state index in [1.165, 1.54) is 0 Å². The van der Waals surface area contributed by atoms with Crippen molar-refractivity contribution in [2.75, 3.05) is 19.0 Å². The Morgan fingerprint density at radius 3 is 2.69 bits per heavy atom. The van der Waals surface area contributed by atoms with Gasteiger partial charge < -0.3 is 10.0 Å². The molecule has 1 aliphatic heterocycles. The summed E-state index contributed by atoms with van der Waals surface area (Å²) in [4.78, 5) is 13.5. The second-order valence-electron chi connectivity index (χ2n) is 4.21. The highest BCUT2D eigenvalue weighted by Gasteiger charge is 2.34. The SMILES string of the molecule is CC(C)(CCl)C(=O)N1CCC(O)C1. The molecule has 0 spiro atoms. The minimum Gasteiger partial charge on any atom is -0.391 e. The lowest BCUT2D eigenvalue weighted by Crippen LogP contribution is -2.41. The van der Waals surface area contributed by atoms with E-state index in [1.807, 2.05) is 13.8 Å². The van der Waals surface area contributed by atoms with Gasteiger partial charge in [-0.25, -0.2) is 0 Å². The van der Waals surface area contributed by atoms with Crippen molar-refractivity contribution >= 4 is 17.5 Å². The van der Waals surface area contributed by atoms with Gasteiger partial charge >= 0.3 is 0 Å². The Balaban J connectivity index is 2.58. The lowest BCUT2D eigenvalue weighted by molar-refractivity contribution is -0.138. The van der Waals surface area contributed by atoms with Crippen LogP contribution in [0.15, 0.2) is 0 Å². The molecule has 1 aliphatic rings. The first-order valence-corrected chi connectivity index (χ1v) is 5.04. The van der Waals surface area contributed by atoms with Crippen LogP contribution in [-0.4, -0.2) is 41.0 Å². The van der Waals surface area contributed by atoms with Crippen LogP contribution in [0.4, 0.5) is 0 Å². The summed E-state index contributed by atoms with van der Waals surface area (Å²) in [6, 6.07) is 0. The van der Waals surface area contributed by atoms with Gasteiger partial charge in [-0.05, 0) is 20.3 Å². The Morgan fingerprint density at radius 2 is 2.31 bits per heavy atom. The van der Waals surface area contributed by atoms with Crippen molar-refractivity contribution < 1.29 is 9.90 Å². The van der Waals surface area contributed by atoms with Crippen LogP contribution in [-0.2, 0) is 4.79 Å². The molecule has 3 nitrogen and oxygen atoms in total. The van der Waals surface area contributed by atoms with Crippen LogP contribution in [0.25, 0.3) is 0 Å². The summed E-state index contributed by atoms with van der Waals surface area (Å²) < 4.78 is 0. The number of likely N-dealkylation sites (tertiary alicyclic amines) is 1. The zero-order valence-electron chi connectivity index (χ0n) is 8.09. The van der Waals surface area contributed by atoms with Gasteiger partial charge in [-0.1, -0.05) is 0 Å². The van der Waals surface area contributed by atoms with E-state index in [1.54, 1.807) is 4.90 Å². The van der Waals surface area contributed by atoms with Gasteiger partial charge in [0.2, 0.25) is 5.91 Å². The fraction of sp³-hybridized carbons (Fsp3) is 0.889. The van der Waals surface area contributed by atoms with E-state index in [2.05, 4.69) is 0 Å². The topological polar surface area (TPSA) is 40.5 Å². The summed E-state index contributed by atoms with van der Waals surface area (Å²) in [5, 5.41) is 9.26. The molecule has 1 amide bonds. The van der Waals surface area contributed by atoms with Gasteiger partial charge in [0.25, 0.3) is 0 Å². The maximum Gasteiger partial charge on any atom is 0.229 e. The molecule has 0 aliphatic carbocycles. The fourth-order valence-electron chi connectivity index (χ4n) is 1.41. The number of halogens is 1. The summed E-state index contributed by atoms with van der Waals surface area (Å²) in [5.41, 5.74) is -0.508. The van der Waals surface area contributed by atoms with Gasteiger partial charge in [-0.15, -0.1) is 11.6 Å². The van der Waals surface area contributed by atoms with Crippen molar-refractivity contribution in [3.05, 3.63) is 0 Å². The van der Waals surface area contributed by atoms with Gasteiger partial charge in [0, 0.05) is 19.0 Å². The predicted octanol–water partition coefficient (Wildman–Crippen LogP) is 0.845. The van der Waals surface area contributed by atoms with Crippen LogP contribution in [0.5, 0.6) is 0 Å². The third kappa shape index (κ3) is 2.35. The van der Waals surface area contributed by atoms with Crippen LogP contribution < -0.4 is 0 Å². The molecule has 13 heavy (non-hydrogen) atoms. The zero-order valence-corrected chi connectivity index (χ0v) is 8.84. The molecular weight excluding hydrogens is 190 g/mol. The van der Waals surface area contributed by atoms with E-state index >= 15 is 0 Å². The molecule has 0 radical (unpaired) electrons. The Bertz CT molecular complexity index is 206. The van der Waals surface area contributed by atoms with E-state index in [0.717, 1.165) is 0 Å². The van der Waals surface area contributed by atoms with Crippen LogP contribution in [0.1, 0.15) is 20.3 Å². The largest absolute Gasteiger partial charge is 0.391 e. The van der Waals surface area contributed by atoms with Crippen LogP contribution >= 0.6 is 11.6 Å². The molecule has 1 N–H and O–H groups in total. The molecule has 76 valence electrons. The van der Waals surface area contributed by atoms with Crippen molar-refractivity contribution in [2.45, 2.75) is 26.4 Å². The van der Waals surface area contributed by atoms with Crippen molar-refractivity contribution in [1.82, 2.24) is 4.90 Å². The van der Waals surface area contributed by atoms with Crippen molar-refractivity contribution in [1.29, 1.82) is 0 Å². The van der Waals surface area contributed by atoms with E-state index in [9.17, 15) is 9.90 Å². The Hall–Kier alpha value is -0.280. The standard InChI is InChI=1S/C9H16ClNO2/c1-9(2,6-10)8(13)11-4-3-7(12)5-11/h7,12H,3-6H2,1-2H3. The first-order valence-electron chi connectivity index (χ1n) is 4.51. The van der Waals surface area contributed by atoms with E-state index < -0.39 is 5.41 Å². The number of β-amino-alcohol motifs (C(OH)–C–C–N with tert-alkyl or cyclic N) is 1. The first kappa shape index (κ1) is 10.8. The van der Waals surface area contributed by atoms with Gasteiger partial charge in [0.15, 0.2) is 0 Å². The van der Waals surface area contributed by atoms with E-state index in [-0.39, 0.29) is 12.0 Å². The maximum absolute atomic E-state index is 11.8. The summed E-state index contributed by atoms with van der Waals surface area (Å²) in [6.07, 6.45) is 0.333. The highest BCUT2D eigenvalue weighted by Crippen LogP contribution is 2.23. The molecule has 1 atom stereocenters. The Morgan fingerprint density at radius 1 is 1.69 bits per heavy atom. The van der Waals surface area contributed by atoms with Crippen LogP contribution in [0.2, 0.25) is 0 Å². The normalized spacial score (nSPS) is 23.7. The van der Waals surface area contributed by atoms with Gasteiger partial charge in [0.1, 0.15) is 0 Å². The van der Waals surface area contributed by atoms with Gasteiger partial charge in [0.05, 0.1) is 11.5 Å². The molecule has 0 aromatic rings. The summed E-state index contributed by atoms with van der Waals surface area (Å²) in [7, 11) is 0. The van der Waals surface area contributed by atoms with E-state index in [0.29, 0.717) is 25.4 Å². The molecule has 1 unspecified atom stereocenters. The molecule has 0 saturated carbocycles. The number of hydrogen-bond acceptors (Lipinski definition) is 2. The fourth-order valence-corrected chi connectivity index (χ4v) is 1.53. The number of hydrogen-bond donors (Lipinski definition) is 1. The highest BCUT2D eigenvalue weighted by molar-refractivity contribution is 6.19. The van der Waals surface area contributed by atoms with Crippen molar-refractivity contribution in [3.8, 4) is 0 Å². The summed E-state index contributed by atoms with van der Waals surface area (Å²) >= 11 is 5.69. The third-order valence-electron chi connectivity index (χ3n) is 2.36. The lowest BCUT2D eigenvalue weighted by Gasteiger charge is -2.26. The molecule has 0 bridgehead atoms. The molecular formula is C9H16ClNO2. The molecule has 4 heteroatoms. The zero-order chi connectivity index (χ0) is 10.1. The molecule has 1 rings (SSSR count). The van der Waals surface area contributed by atoms with Crippen LogP contribution in [0, 0.1) is 5.41 Å². The number of nitrogens with zero attached hydrogens (tertiary/aromatic N) is 1. The van der Waals surface area contributed by atoms with Crippen molar-refractivity contribution in [2.24, 2.45) is 5.41 Å². The molecule has 1 heterocycles. The van der Waals surface area contributed by atoms with Gasteiger partial charge in [-0.3, -0.25) is 4.79 Å². The van der Waals surface area contributed by atoms with Crippen LogP contribution in [0.3, 0.4) is 0 Å². The van der Waals surface area contributed by atoms with Crippen molar-refractivity contribution in [3.63, 3.8) is 0 Å². The molecule has 1 fully saturated rings. The monoisotopic (exact) mass is 205 g/mol. The molecule has 1 saturated heterocycles. The number of carbonyl (C=O) groups is 1. The molecule has 0 aromatic carbocycles. The lowest BCUT2D eigenvalue weighted by atomic mass is 9.94. The number of carbonyl (C=O) groups excluding carboxylic acids is 1. The number of aliphatic hydroxyl groups is 1. The smallest absolute Gasteiger partial charge is 0.229 e. The Labute approximate surface area is 83.7 Å². The first-order chi connectivity index (χ1) is 5.97. The number of amides is 1. The van der Waals surface area contributed by atoms with Gasteiger partial charge in [-0.2, -0.15) is 0 Å². The highest BCUT2D eigenvalue weighted by atomic mass is 35.5. The Kier molecular flexibility index (Phi) is 3.19. The number of rotatable bonds is 2. The second-order valence-corrected chi connectivity index (χ2v) is 4.48. The average molecular weight is 206 g/mol. The van der Waals surface area contributed by atoms with E-state index in [4.69, 9.17) is 11.6 Å². The summed E-state index contributed by atoms with van der Waals surface area (Å²) in [5.74, 6) is 0.359. The summed E-state index contributed by atoms with van der Waals surface area (Å²) in [6.45, 7) is 4.76. The number of alkyl halides is 1.